The minimum absolute atomic E-state index is 0.0832. The summed E-state index contributed by atoms with van der Waals surface area (Å²) in [5.74, 6) is -1.92. The van der Waals surface area contributed by atoms with Crippen LogP contribution in [0.4, 0.5) is 20.2 Å². The van der Waals surface area contributed by atoms with E-state index in [1.807, 2.05) is 13.8 Å². The van der Waals surface area contributed by atoms with E-state index in [9.17, 15) is 13.6 Å². The van der Waals surface area contributed by atoms with Crippen LogP contribution in [-0.4, -0.2) is 28.9 Å². The third-order valence-electron chi connectivity index (χ3n) is 3.47. The standard InChI is InChI=1S/C18H21F2N3O/c1-3-7-23(8-4-2)18(24)13-9-15(12-21-11-13)22-14-5-6-16(19)17(20)10-14/h5-6,9-12,22H,3-4,7-8H2,1-2H3. The largest absolute Gasteiger partial charge is 0.354 e. The number of anilines is 2. The van der Waals surface area contributed by atoms with Gasteiger partial charge in [-0.1, -0.05) is 13.8 Å². The number of amides is 1. The summed E-state index contributed by atoms with van der Waals surface area (Å²) in [6.45, 7) is 5.42. The number of hydrogen-bond donors (Lipinski definition) is 1. The number of aromatic nitrogens is 1. The second kappa shape index (κ2) is 8.38. The van der Waals surface area contributed by atoms with Crippen LogP contribution in [0.25, 0.3) is 0 Å². The molecule has 2 aromatic rings. The number of carbonyl (C=O) groups excluding carboxylic acids is 1. The second-order valence-electron chi connectivity index (χ2n) is 5.51. The molecule has 0 saturated heterocycles. The lowest BCUT2D eigenvalue weighted by Gasteiger charge is -2.21. The van der Waals surface area contributed by atoms with Crippen LogP contribution < -0.4 is 5.32 Å². The first kappa shape index (κ1) is 17.8. The maximum absolute atomic E-state index is 13.3. The third kappa shape index (κ3) is 4.50. The van der Waals surface area contributed by atoms with Crippen molar-refractivity contribution in [3.8, 4) is 0 Å². The van der Waals surface area contributed by atoms with E-state index >= 15 is 0 Å². The molecule has 4 nitrogen and oxygen atoms in total. The van der Waals surface area contributed by atoms with E-state index in [0.717, 1.165) is 25.0 Å². The zero-order valence-electron chi connectivity index (χ0n) is 13.9. The zero-order chi connectivity index (χ0) is 17.5. The third-order valence-corrected chi connectivity index (χ3v) is 3.47. The number of hydrogen-bond acceptors (Lipinski definition) is 3. The average molecular weight is 333 g/mol. The Balaban J connectivity index is 2.18. The van der Waals surface area contributed by atoms with Crippen LogP contribution in [0, 0.1) is 11.6 Å². The van der Waals surface area contributed by atoms with Gasteiger partial charge in [0.05, 0.1) is 17.4 Å². The summed E-state index contributed by atoms with van der Waals surface area (Å²) in [6, 6.07) is 5.19. The average Bonchev–Trinajstić information content (AvgIpc) is 2.58. The van der Waals surface area contributed by atoms with Gasteiger partial charge >= 0.3 is 0 Å². The van der Waals surface area contributed by atoms with Crippen LogP contribution >= 0.6 is 0 Å². The summed E-state index contributed by atoms with van der Waals surface area (Å²) in [7, 11) is 0. The Morgan fingerprint density at radius 3 is 2.38 bits per heavy atom. The molecule has 0 aliphatic rings. The van der Waals surface area contributed by atoms with Crippen molar-refractivity contribution in [3.63, 3.8) is 0 Å². The molecule has 0 saturated carbocycles. The van der Waals surface area contributed by atoms with Gasteiger partial charge in [-0.25, -0.2) is 8.78 Å². The number of pyridine rings is 1. The molecule has 24 heavy (non-hydrogen) atoms. The molecule has 0 radical (unpaired) electrons. The maximum atomic E-state index is 13.3. The van der Waals surface area contributed by atoms with Crippen LogP contribution in [-0.2, 0) is 0 Å². The minimum Gasteiger partial charge on any atom is -0.354 e. The molecule has 0 bridgehead atoms. The molecule has 0 unspecified atom stereocenters. The van der Waals surface area contributed by atoms with Crippen molar-refractivity contribution in [1.29, 1.82) is 0 Å². The van der Waals surface area contributed by atoms with E-state index in [-0.39, 0.29) is 5.91 Å². The quantitative estimate of drug-likeness (QED) is 0.818. The second-order valence-corrected chi connectivity index (χ2v) is 5.51. The Labute approximate surface area is 140 Å². The molecule has 128 valence electrons. The van der Waals surface area contributed by atoms with Crippen molar-refractivity contribution < 1.29 is 13.6 Å². The number of carbonyl (C=O) groups is 1. The number of nitrogens with one attached hydrogen (secondary N) is 1. The fourth-order valence-corrected chi connectivity index (χ4v) is 2.40. The number of halogens is 2. The predicted molar refractivity (Wildman–Crippen MR) is 90.4 cm³/mol. The van der Waals surface area contributed by atoms with Gasteiger partial charge in [0.2, 0.25) is 0 Å². The van der Waals surface area contributed by atoms with Gasteiger partial charge in [-0.15, -0.1) is 0 Å². The molecule has 0 atom stereocenters. The highest BCUT2D eigenvalue weighted by molar-refractivity contribution is 5.94. The molecule has 6 heteroatoms. The van der Waals surface area contributed by atoms with Crippen molar-refractivity contribution in [2.45, 2.75) is 26.7 Å². The van der Waals surface area contributed by atoms with Gasteiger partial charge < -0.3 is 10.2 Å². The lowest BCUT2D eigenvalue weighted by Crippen LogP contribution is -2.32. The number of benzene rings is 1. The molecule has 1 aromatic carbocycles. The zero-order valence-corrected chi connectivity index (χ0v) is 13.9. The summed E-state index contributed by atoms with van der Waals surface area (Å²) in [5.41, 5.74) is 1.39. The first-order chi connectivity index (χ1) is 11.5. The van der Waals surface area contributed by atoms with Crippen molar-refractivity contribution in [3.05, 3.63) is 53.9 Å². The van der Waals surface area contributed by atoms with Gasteiger partial charge in [-0.3, -0.25) is 9.78 Å². The molecule has 0 spiro atoms. The van der Waals surface area contributed by atoms with Crippen LogP contribution in [0.15, 0.2) is 36.7 Å². The fourth-order valence-electron chi connectivity index (χ4n) is 2.40. The van der Waals surface area contributed by atoms with Crippen molar-refractivity contribution in [2.24, 2.45) is 0 Å². The Kier molecular flexibility index (Phi) is 6.23. The van der Waals surface area contributed by atoms with Gasteiger partial charge in [0.25, 0.3) is 5.91 Å². The lowest BCUT2D eigenvalue weighted by molar-refractivity contribution is 0.0755. The van der Waals surface area contributed by atoms with Gasteiger partial charge in [-0.2, -0.15) is 0 Å². The van der Waals surface area contributed by atoms with Crippen molar-refractivity contribution in [1.82, 2.24) is 9.88 Å². The fraction of sp³-hybridized carbons (Fsp3) is 0.333. The highest BCUT2D eigenvalue weighted by Crippen LogP contribution is 2.19. The van der Waals surface area contributed by atoms with E-state index in [2.05, 4.69) is 10.3 Å². The van der Waals surface area contributed by atoms with Crippen LogP contribution in [0.3, 0.4) is 0 Å². The Hall–Kier alpha value is -2.50. The highest BCUT2D eigenvalue weighted by Gasteiger charge is 2.15. The minimum atomic E-state index is -0.933. The first-order valence-corrected chi connectivity index (χ1v) is 8.01. The number of nitrogens with zero attached hydrogens (tertiary/aromatic N) is 2. The van der Waals surface area contributed by atoms with E-state index in [1.165, 1.54) is 18.5 Å². The SMILES string of the molecule is CCCN(CCC)C(=O)c1cncc(Nc2ccc(F)c(F)c2)c1. The molecule has 0 aliphatic carbocycles. The van der Waals surface area contributed by atoms with Crippen molar-refractivity contribution in [2.75, 3.05) is 18.4 Å². The predicted octanol–water partition coefficient (Wildman–Crippen LogP) is 4.37. The lowest BCUT2D eigenvalue weighted by atomic mass is 10.2. The monoisotopic (exact) mass is 333 g/mol. The summed E-state index contributed by atoms with van der Waals surface area (Å²) in [5, 5.41) is 2.93. The summed E-state index contributed by atoms with van der Waals surface area (Å²) < 4.78 is 26.2. The van der Waals surface area contributed by atoms with E-state index in [1.54, 1.807) is 11.0 Å². The smallest absolute Gasteiger partial charge is 0.255 e. The number of rotatable bonds is 7. The molecule has 1 heterocycles. The topological polar surface area (TPSA) is 45.2 Å². The highest BCUT2D eigenvalue weighted by atomic mass is 19.2. The van der Waals surface area contributed by atoms with Crippen LogP contribution in [0.1, 0.15) is 37.0 Å². The van der Waals surface area contributed by atoms with Crippen molar-refractivity contribution >= 4 is 17.3 Å². The molecule has 2 rings (SSSR count). The van der Waals surface area contributed by atoms with Gasteiger partial charge in [0.15, 0.2) is 11.6 Å². The molecule has 1 amide bonds. The molecular formula is C18H21F2N3O. The van der Waals surface area contributed by atoms with Gasteiger partial charge in [0.1, 0.15) is 0 Å². The molecule has 0 fully saturated rings. The Bertz CT molecular complexity index is 700. The van der Waals surface area contributed by atoms with E-state index < -0.39 is 11.6 Å². The molecule has 1 N–H and O–H groups in total. The van der Waals surface area contributed by atoms with Gasteiger partial charge in [-0.05, 0) is 31.0 Å². The van der Waals surface area contributed by atoms with Crippen LogP contribution in [0.5, 0.6) is 0 Å². The summed E-state index contributed by atoms with van der Waals surface area (Å²) in [6.07, 6.45) is 4.80. The summed E-state index contributed by atoms with van der Waals surface area (Å²) in [4.78, 5) is 18.4. The van der Waals surface area contributed by atoms with E-state index in [4.69, 9.17) is 0 Å². The maximum Gasteiger partial charge on any atom is 0.255 e. The first-order valence-electron chi connectivity index (χ1n) is 8.01. The molecule has 1 aromatic heterocycles. The Morgan fingerprint density at radius 1 is 1.04 bits per heavy atom. The Morgan fingerprint density at radius 2 is 1.75 bits per heavy atom. The van der Waals surface area contributed by atoms with E-state index in [0.29, 0.717) is 30.0 Å². The van der Waals surface area contributed by atoms with Gasteiger partial charge in [0, 0.05) is 31.0 Å². The summed E-state index contributed by atoms with van der Waals surface area (Å²) >= 11 is 0. The normalized spacial score (nSPS) is 10.5. The molecule has 0 aliphatic heterocycles. The molecular weight excluding hydrogens is 312 g/mol. The van der Waals surface area contributed by atoms with Crippen LogP contribution in [0.2, 0.25) is 0 Å².